The average molecular weight is 580 g/mol. The van der Waals surface area contributed by atoms with Gasteiger partial charge in [0, 0.05) is 61.3 Å². The van der Waals surface area contributed by atoms with Gasteiger partial charge in [-0.1, -0.05) is 6.07 Å². The second kappa shape index (κ2) is 11.6. The molecule has 1 saturated heterocycles. The monoisotopic (exact) mass is 579 g/mol. The maximum Gasteiger partial charge on any atom is 0.239 e. The van der Waals surface area contributed by atoms with Crippen molar-refractivity contribution in [2.24, 2.45) is 29.6 Å². The van der Waals surface area contributed by atoms with Crippen molar-refractivity contribution in [1.29, 1.82) is 0 Å². The lowest BCUT2D eigenvalue weighted by atomic mass is 9.53. The molecule has 1 aromatic carbocycles. The molecule has 228 valence electrons. The molecule has 0 radical (unpaired) electrons. The van der Waals surface area contributed by atoms with Crippen LogP contribution in [0.3, 0.4) is 0 Å². The lowest BCUT2D eigenvalue weighted by Gasteiger charge is -2.60. The van der Waals surface area contributed by atoms with Crippen LogP contribution in [0, 0.1) is 29.6 Å². The molecule has 9 heteroatoms. The van der Waals surface area contributed by atoms with Crippen molar-refractivity contribution in [3.63, 3.8) is 0 Å². The van der Waals surface area contributed by atoms with Gasteiger partial charge in [-0.3, -0.25) is 9.78 Å². The number of carbonyl (C=O) groups excluding carboxylic acids is 1. The van der Waals surface area contributed by atoms with Crippen LogP contribution >= 0.6 is 0 Å². The first-order valence-electron chi connectivity index (χ1n) is 16.1. The van der Waals surface area contributed by atoms with Crippen molar-refractivity contribution in [3.8, 4) is 5.75 Å². The number of fused-ring (bicyclic) bond motifs is 1. The van der Waals surface area contributed by atoms with E-state index < -0.39 is 11.6 Å². The quantitative estimate of drug-likeness (QED) is 0.265. The number of rotatable bonds is 9. The van der Waals surface area contributed by atoms with Crippen molar-refractivity contribution < 1.29 is 29.1 Å². The third-order valence-corrected chi connectivity index (χ3v) is 10.7. The summed E-state index contributed by atoms with van der Waals surface area (Å²) in [6.45, 7) is 2.82. The second-order valence-electron chi connectivity index (χ2n) is 13.7. The number of methoxy groups -OCH3 is 1. The average Bonchev–Trinajstić information content (AvgIpc) is 3.00. The van der Waals surface area contributed by atoms with E-state index in [1.807, 2.05) is 24.3 Å². The Balaban J connectivity index is 0.818. The number of ether oxygens (including phenoxy) is 1. The highest BCUT2D eigenvalue weighted by Crippen LogP contribution is 2.62. The van der Waals surface area contributed by atoms with Crippen LogP contribution in [0.1, 0.15) is 84.0 Å². The predicted octanol–water partition coefficient (Wildman–Crippen LogP) is 6.28. The van der Waals surface area contributed by atoms with E-state index in [0.29, 0.717) is 43.6 Å². The van der Waals surface area contributed by atoms with Crippen LogP contribution < -0.4 is 15.4 Å². The Bertz CT molecular complexity index is 1240. The van der Waals surface area contributed by atoms with Crippen molar-refractivity contribution in [3.05, 3.63) is 30.5 Å². The Morgan fingerprint density at radius 1 is 1.05 bits per heavy atom. The SMILES string of the molecule is COc1cc(NC(C)CCCNC(=O)CC2CCC3(CC2)OOC2(OO3)C3CC4CC(C3)CC2C4)c2ncccc2c1. The first-order valence-corrected chi connectivity index (χ1v) is 16.1. The minimum absolute atomic E-state index is 0.116. The molecule has 2 N–H and O–H groups in total. The molecule has 1 unspecified atom stereocenters. The Morgan fingerprint density at radius 3 is 2.45 bits per heavy atom. The highest BCUT2D eigenvalue weighted by atomic mass is 17.4. The number of anilines is 1. The van der Waals surface area contributed by atoms with E-state index in [2.05, 4.69) is 22.5 Å². The van der Waals surface area contributed by atoms with Gasteiger partial charge in [0.2, 0.25) is 17.5 Å². The molecule has 2 spiro atoms. The molecule has 6 aliphatic rings. The van der Waals surface area contributed by atoms with E-state index in [4.69, 9.17) is 24.3 Å². The largest absolute Gasteiger partial charge is 0.497 e. The Kier molecular flexibility index (Phi) is 7.80. The topological polar surface area (TPSA) is 100 Å². The van der Waals surface area contributed by atoms with Crippen molar-refractivity contribution >= 4 is 22.5 Å². The zero-order valence-corrected chi connectivity index (χ0v) is 24.9. The van der Waals surface area contributed by atoms with Crippen molar-refractivity contribution in [1.82, 2.24) is 10.3 Å². The summed E-state index contributed by atoms with van der Waals surface area (Å²) in [6.07, 6.45) is 13.3. The number of carbonyl (C=O) groups is 1. The van der Waals surface area contributed by atoms with E-state index in [-0.39, 0.29) is 11.9 Å². The van der Waals surface area contributed by atoms with Gasteiger partial charge in [-0.2, -0.15) is 19.6 Å². The van der Waals surface area contributed by atoms with Gasteiger partial charge in [-0.05, 0) is 94.6 Å². The normalized spacial score (nSPS) is 35.9. The molecule has 42 heavy (non-hydrogen) atoms. The van der Waals surface area contributed by atoms with Gasteiger partial charge in [0.15, 0.2) is 0 Å². The highest BCUT2D eigenvalue weighted by Gasteiger charge is 2.64. The first kappa shape index (κ1) is 28.3. The molecule has 2 heterocycles. The summed E-state index contributed by atoms with van der Waals surface area (Å²) in [7, 11) is 1.68. The number of hydrogen-bond donors (Lipinski definition) is 2. The zero-order chi connectivity index (χ0) is 28.7. The molecule has 5 saturated carbocycles. The van der Waals surface area contributed by atoms with E-state index >= 15 is 0 Å². The van der Waals surface area contributed by atoms with Crippen LogP contribution in [0.5, 0.6) is 5.75 Å². The fourth-order valence-corrected chi connectivity index (χ4v) is 8.61. The minimum Gasteiger partial charge on any atom is -0.497 e. The molecule has 8 rings (SSSR count). The standard InChI is InChI=1S/C33H45N3O6/c1-21(36-29-20-28(38-2)19-25-6-4-12-35-31(25)29)5-3-11-34-30(37)18-22-7-9-32(10-8-22)39-41-33(42-40-32)26-14-23-13-24(16-26)17-27(33)15-23/h4,6,12,19-24,26-27,36H,3,5,7-11,13-18H2,1-2H3,(H,34,37). The molecule has 1 atom stereocenters. The van der Waals surface area contributed by atoms with E-state index in [1.165, 1.54) is 6.42 Å². The Morgan fingerprint density at radius 2 is 1.76 bits per heavy atom. The summed E-state index contributed by atoms with van der Waals surface area (Å²) in [5.74, 6) is 2.09. The summed E-state index contributed by atoms with van der Waals surface area (Å²) in [5, 5.41) is 7.74. The van der Waals surface area contributed by atoms with Crippen molar-refractivity contribution in [2.75, 3.05) is 19.0 Å². The van der Waals surface area contributed by atoms with Gasteiger partial charge in [0.25, 0.3) is 0 Å². The van der Waals surface area contributed by atoms with Gasteiger partial charge >= 0.3 is 0 Å². The zero-order valence-electron chi connectivity index (χ0n) is 24.9. The molecule has 5 aliphatic carbocycles. The number of hydrogen-bond acceptors (Lipinski definition) is 8. The molecule has 4 bridgehead atoms. The number of pyridine rings is 1. The number of amides is 1. The molecular weight excluding hydrogens is 534 g/mol. The highest BCUT2D eigenvalue weighted by molar-refractivity contribution is 5.91. The molecule has 2 aromatic rings. The third kappa shape index (κ3) is 5.49. The van der Waals surface area contributed by atoms with E-state index in [9.17, 15) is 4.79 Å². The Labute approximate surface area is 248 Å². The lowest BCUT2D eigenvalue weighted by Crippen LogP contribution is -2.64. The van der Waals surface area contributed by atoms with E-state index in [1.54, 1.807) is 13.3 Å². The maximum atomic E-state index is 12.7. The summed E-state index contributed by atoms with van der Waals surface area (Å²) in [4.78, 5) is 41.7. The summed E-state index contributed by atoms with van der Waals surface area (Å²) in [5.41, 5.74) is 1.90. The van der Waals surface area contributed by atoms with Crippen LogP contribution in [0.2, 0.25) is 0 Å². The van der Waals surface area contributed by atoms with Gasteiger partial charge in [-0.25, -0.2) is 0 Å². The molecule has 1 aliphatic heterocycles. The summed E-state index contributed by atoms with van der Waals surface area (Å²) < 4.78 is 5.47. The fraction of sp³-hybridized carbons (Fsp3) is 0.697. The maximum absolute atomic E-state index is 12.7. The number of nitrogens with one attached hydrogen (secondary N) is 2. The summed E-state index contributed by atoms with van der Waals surface area (Å²) >= 11 is 0. The van der Waals surface area contributed by atoms with Crippen molar-refractivity contribution in [2.45, 2.75) is 102 Å². The van der Waals surface area contributed by atoms with Gasteiger partial charge in [0.05, 0.1) is 18.3 Å². The van der Waals surface area contributed by atoms with Crippen LogP contribution in [-0.4, -0.2) is 42.2 Å². The second-order valence-corrected chi connectivity index (χ2v) is 13.7. The summed E-state index contributed by atoms with van der Waals surface area (Å²) in [6, 6.07) is 8.18. The third-order valence-electron chi connectivity index (χ3n) is 10.7. The lowest BCUT2D eigenvalue weighted by molar-refractivity contribution is -0.680. The van der Waals surface area contributed by atoms with Gasteiger partial charge in [-0.15, -0.1) is 0 Å². The molecule has 9 nitrogen and oxygen atoms in total. The number of aromatic nitrogens is 1. The van der Waals surface area contributed by atoms with E-state index in [0.717, 1.165) is 85.5 Å². The minimum atomic E-state index is -0.834. The van der Waals surface area contributed by atoms with Crippen LogP contribution in [0.25, 0.3) is 10.9 Å². The number of nitrogens with zero attached hydrogens (tertiary/aromatic N) is 1. The fourth-order valence-electron chi connectivity index (χ4n) is 8.61. The predicted molar refractivity (Wildman–Crippen MR) is 157 cm³/mol. The van der Waals surface area contributed by atoms with Gasteiger partial charge in [0.1, 0.15) is 5.75 Å². The smallest absolute Gasteiger partial charge is 0.239 e. The molecule has 1 aromatic heterocycles. The molecular formula is C33H45N3O6. The molecule has 1 amide bonds. The van der Waals surface area contributed by atoms with Crippen LogP contribution in [0.4, 0.5) is 5.69 Å². The first-order chi connectivity index (χ1) is 20.4. The van der Waals surface area contributed by atoms with Crippen LogP contribution in [0.15, 0.2) is 30.5 Å². The Hall–Kier alpha value is -2.46. The number of benzene rings is 1. The van der Waals surface area contributed by atoms with Gasteiger partial charge < -0.3 is 15.4 Å². The molecule has 6 fully saturated rings. The van der Waals surface area contributed by atoms with Crippen LogP contribution in [-0.2, 0) is 24.3 Å².